The van der Waals surface area contributed by atoms with Gasteiger partial charge in [0, 0.05) is 5.56 Å². The molecule has 22 heavy (non-hydrogen) atoms. The molecule has 0 saturated heterocycles. The molecule has 0 amide bonds. The first-order valence-electron chi connectivity index (χ1n) is 6.29. The van der Waals surface area contributed by atoms with Crippen LogP contribution >= 0.6 is 0 Å². The molecule has 2 aromatic heterocycles. The fraction of sp³-hybridized carbons (Fsp3) is 0.143. The number of aromatic nitrogens is 2. The topological polar surface area (TPSA) is 81.4 Å². The summed E-state index contributed by atoms with van der Waals surface area (Å²) in [5.74, 6) is -2.15. The molecule has 0 bridgehead atoms. The minimum atomic E-state index is -1.46. The van der Waals surface area contributed by atoms with Gasteiger partial charge in [-0.15, -0.1) is 5.10 Å². The first kappa shape index (κ1) is 14.2. The quantitative estimate of drug-likeness (QED) is 0.798. The summed E-state index contributed by atoms with van der Waals surface area (Å²) in [6, 6.07) is 5.82. The summed E-state index contributed by atoms with van der Waals surface area (Å²) in [6.45, 7) is -0.386. The van der Waals surface area contributed by atoms with Crippen molar-refractivity contribution in [2.75, 3.05) is 0 Å². The summed E-state index contributed by atoms with van der Waals surface area (Å²) in [5.41, 5.74) is -0.269. The van der Waals surface area contributed by atoms with Crippen LogP contribution in [0.25, 0.3) is 11.7 Å². The molecule has 1 aromatic carbocycles. The van der Waals surface area contributed by atoms with Gasteiger partial charge in [-0.2, -0.15) is 4.68 Å². The Hall–Kier alpha value is -2.74. The number of halogens is 2. The average molecular weight is 308 g/mol. The molecule has 0 fully saturated rings. The monoisotopic (exact) mass is 308 g/mol. The van der Waals surface area contributed by atoms with Crippen LogP contribution in [0.4, 0.5) is 8.78 Å². The highest BCUT2D eigenvalue weighted by atomic mass is 19.1. The maximum absolute atomic E-state index is 13.6. The SMILES string of the molecule is O=c1oc(-c2ccco2)nn1CC(O)c1cc(F)ccc1F. The lowest BCUT2D eigenvalue weighted by Crippen LogP contribution is -2.21. The zero-order chi connectivity index (χ0) is 15.7. The van der Waals surface area contributed by atoms with Crippen LogP contribution in [0.2, 0.25) is 0 Å². The summed E-state index contributed by atoms with van der Waals surface area (Å²) >= 11 is 0. The van der Waals surface area contributed by atoms with Crippen LogP contribution < -0.4 is 5.76 Å². The molecule has 1 N–H and O–H groups in total. The van der Waals surface area contributed by atoms with E-state index >= 15 is 0 Å². The predicted octanol–water partition coefficient (Wildman–Crippen LogP) is 2.11. The molecular formula is C14H10F2N2O4. The molecule has 2 heterocycles. The van der Waals surface area contributed by atoms with E-state index < -0.39 is 23.5 Å². The molecule has 0 aliphatic carbocycles. The van der Waals surface area contributed by atoms with Crippen LogP contribution in [0.1, 0.15) is 11.7 Å². The highest BCUT2D eigenvalue weighted by molar-refractivity contribution is 5.42. The van der Waals surface area contributed by atoms with Crippen LogP contribution in [-0.4, -0.2) is 14.9 Å². The van der Waals surface area contributed by atoms with Gasteiger partial charge in [0.05, 0.1) is 12.8 Å². The van der Waals surface area contributed by atoms with Gasteiger partial charge >= 0.3 is 5.76 Å². The van der Waals surface area contributed by atoms with E-state index in [-0.39, 0.29) is 23.8 Å². The normalized spacial score (nSPS) is 12.5. The minimum Gasteiger partial charge on any atom is -0.459 e. The van der Waals surface area contributed by atoms with Crippen molar-refractivity contribution in [1.82, 2.24) is 9.78 Å². The maximum Gasteiger partial charge on any atom is 0.437 e. The van der Waals surface area contributed by atoms with Crippen molar-refractivity contribution in [2.24, 2.45) is 0 Å². The number of hydrogen-bond acceptors (Lipinski definition) is 5. The Balaban J connectivity index is 1.87. The lowest BCUT2D eigenvalue weighted by molar-refractivity contribution is 0.144. The van der Waals surface area contributed by atoms with Gasteiger partial charge in [-0.05, 0) is 30.3 Å². The van der Waals surface area contributed by atoms with Gasteiger partial charge in [0.15, 0.2) is 5.76 Å². The summed E-state index contributed by atoms with van der Waals surface area (Å²) < 4.78 is 37.4. The van der Waals surface area contributed by atoms with Crippen molar-refractivity contribution < 1.29 is 22.7 Å². The van der Waals surface area contributed by atoms with Crippen molar-refractivity contribution in [3.63, 3.8) is 0 Å². The van der Waals surface area contributed by atoms with Crippen molar-refractivity contribution in [1.29, 1.82) is 0 Å². The largest absolute Gasteiger partial charge is 0.459 e. The minimum absolute atomic E-state index is 0.0677. The second-order valence-corrected chi connectivity index (χ2v) is 4.51. The number of nitrogens with zero attached hydrogens (tertiary/aromatic N) is 2. The van der Waals surface area contributed by atoms with Crippen molar-refractivity contribution in [2.45, 2.75) is 12.6 Å². The molecule has 0 aliphatic heterocycles. The lowest BCUT2D eigenvalue weighted by atomic mass is 10.1. The van der Waals surface area contributed by atoms with Gasteiger partial charge in [0.2, 0.25) is 0 Å². The van der Waals surface area contributed by atoms with E-state index in [4.69, 9.17) is 8.83 Å². The molecule has 0 aliphatic rings. The summed E-state index contributed by atoms with van der Waals surface area (Å²) in [6.07, 6.45) is -0.0753. The average Bonchev–Trinajstić information content (AvgIpc) is 3.12. The van der Waals surface area contributed by atoms with Crippen LogP contribution in [0, 0.1) is 11.6 Å². The molecular weight excluding hydrogens is 298 g/mol. The Labute approximate surface area is 122 Å². The first-order chi connectivity index (χ1) is 10.5. The molecule has 1 atom stereocenters. The molecule has 1 unspecified atom stereocenters. The van der Waals surface area contributed by atoms with E-state index in [0.717, 1.165) is 22.9 Å². The molecule has 0 saturated carbocycles. The standard InChI is InChI=1S/C14H10F2N2O4/c15-8-3-4-10(16)9(6-8)11(19)7-18-14(20)22-13(17-18)12-2-1-5-21-12/h1-6,11,19H,7H2. The molecule has 3 rings (SSSR count). The third-order valence-electron chi connectivity index (χ3n) is 3.00. The predicted molar refractivity (Wildman–Crippen MR) is 69.8 cm³/mol. The molecule has 0 radical (unpaired) electrons. The van der Waals surface area contributed by atoms with Crippen molar-refractivity contribution >= 4 is 0 Å². The molecule has 3 aromatic rings. The smallest absolute Gasteiger partial charge is 0.437 e. The second kappa shape index (κ2) is 5.57. The number of furan rings is 1. The van der Waals surface area contributed by atoms with Crippen LogP contribution in [-0.2, 0) is 6.54 Å². The highest BCUT2D eigenvalue weighted by Crippen LogP contribution is 2.20. The fourth-order valence-electron chi connectivity index (χ4n) is 1.95. The molecule has 0 spiro atoms. The van der Waals surface area contributed by atoms with Gasteiger partial charge < -0.3 is 13.9 Å². The van der Waals surface area contributed by atoms with E-state index in [1.54, 1.807) is 6.07 Å². The second-order valence-electron chi connectivity index (χ2n) is 4.51. The van der Waals surface area contributed by atoms with Gasteiger partial charge in [0.25, 0.3) is 5.89 Å². The van der Waals surface area contributed by atoms with Crippen LogP contribution in [0.3, 0.4) is 0 Å². The fourth-order valence-corrected chi connectivity index (χ4v) is 1.95. The first-order valence-corrected chi connectivity index (χ1v) is 6.29. The third-order valence-corrected chi connectivity index (χ3v) is 3.00. The Morgan fingerprint density at radius 2 is 2.14 bits per heavy atom. The molecule has 6 nitrogen and oxygen atoms in total. The highest BCUT2D eigenvalue weighted by Gasteiger charge is 2.19. The third kappa shape index (κ3) is 2.68. The zero-order valence-electron chi connectivity index (χ0n) is 11.1. The molecule has 8 heteroatoms. The van der Waals surface area contributed by atoms with Crippen molar-refractivity contribution in [3.8, 4) is 11.7 Å². The van der Waals surface area contributed by atoms with Crippen molar-refractivity contribution in [3.05, 3.63) is 64.3 Å². The number of benzene rings is 1. The Morgan fingerprint density at radius 3 is 2.86 bits per heavy atom. The van der Waals surface area contributed by atoms with Gasteiger partial charge in [-0.3, -0.25) is 0 Å². The van der Waals surface area contributed by atoms with E-state index in [1.807, 2.05) is 0 Å². The Kier molecular flexibility index (Phi) is 3.60. The summed E-state index contributed by atoms with van der Waals surface area (Å²) in [4.78, 5) is 11.7. The van der Waals surface area contributed by atoms with Gasteiger partial charge in [0.1, 0.15) is 17.7 Å². The van der Waals surface area contributed by atoms with Crippen LogP contribution in [0.5, 0.6) is 0 Å². The number of aliphatic hydroxyl groups is 1. The number of rotatable bonds is 4. The van der Waals surface area contributed by atoms with E-state index in [0.29, 0.717) is 0 Å². The number of hydrogen-bond donors (Lipinski definition) is 1. The van der Waals surface area contributed by atoms with E-state index in [9.17, 15) is 18.7 Å². The Morgan fingerprint density at radius 1 is 1.32 bits per heavy atom. The maximum atomic E-state index is 13.6. The van der Waals surface area contributed by atoms with Crippen LogP contribution in [0.15, 0.2) is 50.2 Å². The number of aliphatic hydroxyl groups excluding tert-OH is 1. The Bertz CT molecular complexity index is 839. The van der Waals surface area contributed by atoms with Gasteiger partial charge in [-0.1, -0.05) is 0 Å². The van der Waals surface area contributed by atoms with E-state index in [2.05, 4.69) is 5.10 Å². The zero-order valence-corrected chi connectivity index (χ0v) is 11.1. The summed E-state index contributed by atoms with van der Waals surface area (Å²) in [7, 11) is 0. The van der Waals surface area contributed by atoms with E-state index in [1.165, 1.54) is 12.3 Å². The molecule has 114 valence electrons. The summed E-state index contributed by atoms with van der Waals surface area (Å²) in [5, 5.41) is 13.8. The lowest BCUT2D eigenvalue weighted by Gasteiger charge is -2.10. The van der Waals surface area contributed by atoms with Gasteiger partial charge in [-0.25, -0.2) is 13.6 Å².